The van der Waals surface area contributed by atoms with E-state index in [9.17, 15) is 8.42 Å². The SMILES string of the molecule is C=Nc1ccccc1N=C(C)OC1C[C@H]2CC[C@@H](C1)N2CS(=O)(=O)c1c(C)n[nH]c1C. The lowest BCUT2D eigenvalue weighted by Crippen LogP contribution is -2.47. The van der Waals surface area contributed by atoms with Crippen LogP contribution in [0, 0.1) is 13.8 Å². The van der Waals surface area contributed by atoms with Gasteiger partial charge in [-0.3, -0.25) is 15.0 Å². The van der Waals surface area contributed by atoms with Gasteiger partial charge in [-0.25, -0.2) is 13.4 Å². The molecule has 3 atom stereocenters. The summed E-state index contributed by atoms with van der Waals surface area (Å²) >= 11 is 0. The van der Waals surface area contributed by atoms with E-state index in [0.29, 0.717) is 22.2 Å². The van der Waals surface area contributed by atoms with Crippen LogP contribution in [0.4, 0.5) is 11.4 Å². The van der Waals surface area contributed by atoms with Gasteiger partial charge in [0.2, 0.25) is 0 Å². The van der Waals surface area contributed by atoms with Crippen LogP contribution in [0.25, 0.3) is 0 Å². The summed E-state index contributed by atoms with van der Waals surface area (Å²) in [6, 6.07) is 7.94. The summed E-state index contributed by atoms with van der Waals surface area (Å²) in [4.78, 5) is 11.0. The molecule has 0 amide bonds. The van der Waals surface area contributed by atoms with Gasteiger partial charge in [-0.15, -0.1) is 0 Å². The molecule has 3 heterocycles. The highest BCUT2D eigenvalue weighted by atomic mass is 32.2. The van der Waals surface area contributed by atoms with Gasteiger partial charge in [-0.2, -0.15) is 5.10 Å². The Kier molecular flexibility index (Phi) is 5.98. The summed E-state index contributed by atoms with van der Waals surface area (Å²) in [6.07, 6.45) is 3.60. The molecule has 1 aromatic carbocycles. The average Bonchev–Trinajstić information content (AvgIpc) is 3.16. The van der Waals surface area contributed by atoms with E-state index < -0.39 is 9.84 Å². The Morgan fingerprint density at radius 1 is 1.23 bits per heavy atom. The van der Waals surface area contributed by atoms with Gasteiger partial charge in [0.15, 0.2) is 15.7 Å². The lowest BCUT2D eigenvalue weighted by atomic mass is 10.0. The highest BCUT2D eigenvalue weighted by Gasteiger charge is 2.44. The average molecular weight is 444 g/mol. The van der Waals surface area contributed by atoms with Gasteiger partial charge in [-0.1, -0.05) is 12.1 Å². The number of fused-ring (bicyclic) bond motifs is 2. The number of sulfone groups is 1. The number of rotatable bonds is 6. The Morgan fingerprint density at radius 3 is 2.45 bits per heavy atom. The molecule has 0 aliphatic carbocycles. The van der Waals surface area contributed by atoms with Crippen LogP contribution >= 0.6 is 0 Å². The van der Waals surface area contributed by atoms with Crippen molar-refractivity contribution in [3.8, 4) is 0 Å². The van der Waals surface area contributed by atoms with E-state index in [1.165, 1.54) is 0 Å². The lowest BCUT2D eigenvalue weighted by Gasteiger charge is -2.38. The summed E-state index contributed by atoms with van der Waals surface area (Å²) in [6.45, 7) is 8.92. The Hall–Kier alpha value is -2.52. The molecule has 1 N–H and O–H groups in total. The molecule has 2 aromatic rings. The van der Waals surface area contributed by atoms with E-state index in [4.69, 9.17) is 4.74 Å². The fourth-order valence-electron chi connectivity index (χ4n) is 4.92. The molecule has 0 saturated carbocycles. The van der Waals surface area contributed by atoms with Crippen LogP contribution in [0.1, 0.15) is 44.0 Å². The molecule has 1 aromatic heterocycles. The zero-order valence-corrected chi connectivity index (χ0v) is 19.0. The Morgan fingerprint density at radius 2 is 1.87 bits per heavy atom. The Balaban J connectivity index is 1.44. The minimum Gasteiger partial charge on any atom is -0.478 e. The second kappa shape index (κ2) is 8.55. The normalized spacial score (nSPS) is 24.4. The molecule has 0 spiro atoms. The standard InChI is InChI=1S/C22H29N5O3S/c1-14-22(15(2)26-25-14)31(28,29)13-27-17-9-10-18(27)12-19(11-17)30-16(3)24-21-8-6-5-7-20(21)23-4/h5-8,17-19H,4,9-13H2,1-3H3,(H,25,26)/t17-,18+,19?. The predicted octanol–water partition coefficient (Wildman–Crippen LogP) is 3.85. The third kappa shape index (κ3) is 4.43. The zero-order valence-electron chi connectivity index (χ0n) is 18.2. The molecule has 8 nitrogen and oxygen atoms in total. The van der Waals surface area contributed by atoms with Gasteiger partial charge in [0.25, 0.3) is 0 Å². The predicted molar refractivity (Wildman–Crippen MR) is 121 cm³/mol. The Labute approximate surface area is 183 Å². The van der Waals surface area contributed by atoms with Crippen molar-refractivity contribution in [1.82, 2.24) is 15.1 Å². The molecule has 31 heavy (non-hydrogen) atoms. The van der Waals surface area contributed by atoms with Crippen molar-refractivity contribution in [3.05, 3.63) is 35.7 Å². The number of benzene rings is 1. The van der Waals surface area contributed by atoms with E-state index in [0.717, 1.165) is 37.1 Å². The first-order valence-corrected chi connectivity index (χ1v) is 12.2. The fourth-order valence-corrected chi connectivity index (χ4v) is 6.87. The van der Waals surface area contributed by atoms with Crippen LogP contribution < -0.4 is 0 Å². The second-order valence-electron chi connectivity index (χ2n) is 8.40. The van der Waals surface area contributed by atoms with Crippen LogP contribution in [0.15, 0.2) is 39.1 Å². The molecular formula is C22H29N5O3S. The quantitative estimate of drug-likeness (QED) is 0.540. The van der Waals surface area contributed by atoms with E-state index in [1.54, 1.807) is 13.8 Å². The topological polar surface area (TPSA) is 100 Å². The van der Waals surface area contributed by atoms with Gasteiger partial charge in [0, 0.05) is 19.0 Å². The number of aryl methyl sites for hydroxylation is 2. The summed E-state index contributed by atoms with van der Waals surface area (Å²) in [5.41, 5.74) is 2.58. The van der Waals surface area contributed by atoms with E-state index in [2.05, 4.69) is 31.8 Å². The molecule has 166 valence electrons. The summed E-state index contributed by atoms with van der Waals surface area (Å²) in [5.74, 6) is 0.619. The number of piperidine rings is 1. The molecular weight excluding hydrogens is 414 g/mol. The van der Waals surface area contributed by atoms with Crippen LogP contribution in [0.3, 0.4) is 0 Å². The molecule has 2 aliphatic heterocycles. The van der Waals surface area contributed by atoms with Gasteiger partial charge < -0.3 is 4.74 Å². The van der Waals surface area contributed by atoms with Crippen molar-refractivity contribution in [3.63, 3.8) is 0 Å². The van der Waals surface area contributed by atoms with Gasteiger partial charge in [-0.05, 0) is 58.4 Å². The largest absolute Gasteiger partial charge is 0.478 e. The van der Waals surface area contributed by atoms with Crippen molar-refractivity contribution in [1.29, 1.82) is 0 Å². The number of H-pyrrole nitrogens is 1. The van der Waals surface area contributed by atoms with Gasteiger partial charge in [0.05, 0.1) is 22.8 Å². The first-order valence-electron chi connectivity index (χ1n) is 10.6. The maximum absolute atomic E-state index is 13.1. The van der Waals surface area contributed by atoms with Gasteiger partial charge >= 0.3 is 0 Å². The highest BCUT2D eigenvalue weighted by molar-refractivity contribution is 7.91. The number of aliphatic imine (C=N–C) groups is 2. The number of aromatic amines is 1. The number of hydrogen-bond donors (Lipinski definition) is 1. The van der Waals surface area contributed by atoms with Crippen LogP contribution in [0.2, 0.25) is 0 Å². The monoisotopic (exact) mass is 443 g/mol. The van der Waals surface area contributed by atoms with Crippen molar-refractivity contribution >= 4 is 33.8 Å². The van der Waals surface area contributed by atoms with Gasteiger partial charge in [0.1, 0.15) is 16.9 Å². The molecule has 4 rings (SSSR count). The van der Waals surface area contributed by atoms with Crippen molar-refractivity contribution in [2.75, 3.05) is 5.88 Å². The van der Waals surface area contributed by atoms with Crippen molar-refractivity contribution in [2.24, 2.45) is 9.98 Å². The third-order valence-corrected chi connectivity index (χ3v) is 8.06. The molecule has 2 saturated heterocycles. The minimum atomic E-state index is -3.44. The molecule has 2 bridgehead atoms. The second-order valence-corrected chi connectivity index (χ2v) is 10.3. The number of aromatic nitrogens is 2. The minimum absolute atomic E-state index is 0.0291. The summed E-state index contributed by atoms with van der Waals surface area (Å²) in [7, 11) is -3.44. The van der Waals surface area contributed by atoms with Crippen LogP contribution in [-0.4, -0.2) is 60.2 Å². The molecule has 2 fully saturated rings. The number of ether oxygens (including phenoxy) is 1. The van der Waals surface area contributed by atoms with E-state index in [-0.39, 0.29) is 24.1 Å². The number of nitrogens with one attached hydrogen (secondary N) is 1. The number of hydrogen-bond acceptors (Lipinski definition) is 7. The van der Waals surface area contributed by atoms with E-state index >= 15 is 0 Å². The number of nitrogens with zero attached hydrogens (tertiary/aromatic N) is 4. The molecule has 1 unspecified atom stereocenters. The first kappa shape index (κ1) is 21.7. The Bertz CT molecular complexity index is 1070. The summed E-state index contributed by atoms with van der Waals surface area (Å²) in [5, 5.41) is 6.84. The van der Waals surface area contributed by atoms with Crippen LogP contribution in [0.5, 0.6) is 0 Å². The molecule has 2 aliphatic rings. The summed E-state index contributed by atoms with van der Waals surface area (Å²) < 4.78 is 32.3. The first-order chi connectivity index (χ1) is 14.8. The van der Waals surface area contributed by atoms with Crippen molar-refractivity contribution < 1.29 is 13.2 Å². The highest BCUT2D eigenvalue weighted by Crippen LogP contribution is 2.38. The van der Waals surface area contributed by atoms with Crippen molar-refractivity contribution in [2.45, 2.75) is 69.5 Å². The van der Waals surface area contributed by atoms with E-state index in [1.807, 2.05) is 31.2 Å². The van der Waals surface area contributed by atoms with Crippen LogP contribution in [-0.2, 0) is 14.6 Å². The fraction of sp³-hybridized carbons (Fsp3) is 0.500. The zero-order chi connectivity index (χ0) is 22.2. The molecule has 0 radical (unpaired) electrons. The third-order valence-electron chi connectivity index (χ3n) is 6.20. The lowest BCUT2D eigenvalue weighted by molar-refractivity contribution is 0.0534. The maximum atomic E-state index is 13.1. The molecule has 9 heteroatoms. The number of para-hydroxylation sites is 2. The maximum Gasteiger partial charge on any atom is 0.195 e. The smallest absolute Gasteiger partial charge is 0.195 e.